The van der Waals surface area contributed by atoms with Crippen LogP contribution in [0.4, 0.5) is 0 Å². The molecule has 0 radical (unpaired) electrons. The predicted octanol–water partition coefficient (Wildman–Crippen LogP) is 13.9. The molecule has 0 spiro atoms. The molecule has 8 aromatic carbocycles. The molecule has 0 bridgehead atoms. The molecule has 0 saturated carbocycles. The molecule has 0 amide bonds. The van der Waals surface area contributed by atoms with Crippen LogP contribution in [0.5, 0.6) is 0 Å². The summed E-state index contributed by atoms with van der Waals surface area (Å²) in [5.74, 6) is 0. The lowest BCUT2D eigenvalue weighted by molar-refractivity contribution is 1.17. The third kappa shape index (κ3) is 5.50. The number of fused-ring (bicyclic) bond motifs is 6. The highest BCUT2D eigenvalue weighted by Crippen LogP contribution is 2.39. The first-order valence-corrected chi connectivity index (χ1v) is 19.6. The van der Waals surface area contributed by atoms with Gasteiger partial charge in [-0.3, -0.25) is 0 Å². The minimum Gasteiger partial charge on any atom is -0.309 e. The number of hydrogen-bond acceptors (Lipinski definition) is 2. The quantitative estimate of drug-likeness (QED) is 0.176. The Morgan fingerprint density at radius 2 is 0.759 bits per heavy atom. The van der Waals surface area contributed by atoms with E-state index in [1.807, 2.05) is 24.3 Å². The van der Waals surface area contributed by atoms with Crippen molar-refractivity contribution in [3.8, 4) is 56.9 Å². The van der Waals surface area contributed by atoms with Crippen LogP contribution in [0.25, 0.3) is 88.4 Å². The van der Waals surface area contributed by atoms with Crippen molar-refractivity contribution in [2.75, 3.05) is 0 Å². The van der Waals surface area contributed by atoms with E-state index < -0.39 is 0 Å². The molecule has 0 atom stereocenters. The number of rotatable bonds is 5. The average molecular weight is 743 g/mol. The van der Waals surface area contributed by atoms with Gasteiger partial charge in [-0.25, -0.2) is 0 Å². The van der Waals surface area contributed by atoms with Gasteiger partial charge in [0.1, 0.15) is 0 Å². The molecule has 0 unspecified atom stereocenters. The highest BCUT2D eigenvalue weighted by Gasteiger charge is 2.19. The lowest BCUT2D eigenvalue weighted by Gasteiger charge is -2.15. The number of para-hydroxylation sites is 2. The molecule has 0 N–H and O–H groups in total. The minimum atomic E-state index is 0.508. The number of hydrogen-bond donors (Lipinski definition) is 0. The summed E-state index contributed by atoms with van der Waals surface area (Å²) >= 11 is 0. The molecule has 4 nitrogen and oxygen atoms in total. The number of aryl methyl sites for hydroxylation is 4. The van der Waals surface area contributed by atoms with Gasteiger partial charge in [0.25, 0.3) is 0 Å². The van der Waals surface area contributed by atoms with Crippen LogP contribution in [0, 0.1) is 50.4 Å². The molecule has 0 aliphatic rings. The first-order valence-electron chi connectivity index (χ1n) is 19.6. The van der Waals surface area contributed by atoms with Crippen LogP contribution in [-0.2, 0) is 0 Å². The van der Waals surface area contributed by atoms with E-state index in [1.54, 1.807) is 0 Å². The average Bonchev–Trinajstić information content (AvgIpc) is 3.75. The molecular formula is C54H38N4. The van der Waals surface area contributed by atoms with E-state index in [0.717, 1.165) is 77.2 Å². The zero-order valence-electron chi connectivity index (χ0n) is 32.8. The summed E-state index contributed by atoms with van der Waals surface area (Å²) in [5, 5.41) is 26.0. The molecule has 0 aliphatic carbocycles. The zero-order chi connectivity index (χ0) is 39.7. The Morgan fingerprint density at radius 3 is 1.17 bits per heavy atom. The summed E-state index contributed by atoms with van der Waals surface area (Å²) in [6.45, 7) is 8.57. The van der Waals surface area contributed by atoms with E-state index in [9.17, 15) is 10.5 Å². The summed E-state index contributed by atoms with van der Waals surface area (Å²) in [7, 11) is 0. The largest absolute Gasteiger partial charge is 0.309 e. The zero-order valence-corrected chi connectivity index (χ0v) is 32.8. The molecule has 0 fully saturated rings. The van der Waals surface area contributed by atoms with Crippen LogP contribution in [0.1, 0.15) is 33.4 Å². The predicted molar refractivity (Wildman–Crippen MR) is 240 cm³/mol. The van der Waals surface area contributed by atoms with E-state index in [2.05, 4.69) is 182 Å². The first kappa shape index (κ1) is 34.8. The monoisotopic (exact) mass is 742 g/mol. The van der Waals surface area contributed by atoms with Gasteiger partial charge in [0, 0.05) is 44.0 Å². The normalized spacial score (nSPS) is 11.4. The van der Waals surface area contributed by atoms with E-state index in [-0.39, 0.29) is 0 Å². The van der Waals surface area contributed by atoms with Gasteiger partial charge in [-0.05, 0) is 110 Å². The molecule has 58 heavy (non-hydrogen) atoms. The summed E-state index contributed by atoms with van der Waals surface area (Å²) in [6.07, 6.45) is 0. The second kappa shape index (κ2) is 13.5. The fraction of sp³-hybridized carbons (Fsp3) is 0.0741. The second-order valence-corrected chi connectivity index (χ2v) is 15.5. The molecule has 2 aromatic heterocycles. The van der Waals surface area contributed by atoms with Crippen molar-refractivity contribution in [1.82, 2.24) is 9.13 Å². The van der Waals surface area contributed by atoms with Crippen LogP contribution < -0.4 is 0 Å². The third-order valence-electron chi connectivity index (χ3n) is 11.8. The van der Waals surface area contributed by atoms with Crippen molar-refractivity contribution < 1.29 is 0 Å². The summed E-state index contributed by atoms with van der Waals surface area (Å²) in [4.78, 5) is 0. The SMILES string of the molecule is Cc1ccc(-c2ccc3c4ccccc4n(-c4ccc(-c5ccc(-n6c7ccccc7c7ccc(-c8ccc(C)cc8C)cc76)cc5C#N)c(C#N)c4)c3c2)c(C)c1. The first-order chi connectivity index (χ1) is 28.3. The van der Waals surface area contributed by atoms with Crippen molar-refractivity contribution in [2.24, 2.45) is 0 Å². The fourth-order valence-electron chi connectivity index (χ4n) is 9.10. The lowest BCUT2D eigenvalue weighted by Crippen LogP contribution is -1.99. The fourth-order valence-corrected chi connectivity index (χ4v) is 9.10. The molecular weight excluding hydrogens is 705 g/mol. The van der Waals surface area contributed by atoms with Crippen molar-refractivity contribution in [1.29, 1.82) is 10.5 Å². The minimum absolute atomic E-state index is 0.508. The van der Waals surface area contributed by atoms with Crippen LogP contribution in [0.3, 0.4) is 0 Å². The second-order valence-electron chi connectivity index (χ2n) is 15.5. The molecule has 10 rings (SSSR count). The third-order valence-corrected chi connectivity index (χ3v) is 11.8. The number of benzene rings is 8. The molecule has 0 saturated heterocycles. The van der Waals surface area contributed by atoms with E-state index >= 15 is 0 Å². The number of nitriles is 2. The maximum absolute atomic E-state index is 10.7. The Labute approximate surface area is 337 Å². The Morgan fingerprint density at radius 1 is 0.362 bits per heavy atom. The topological polar surface area (TPSA) is 57.4 Å². The number of nitrogens with zero attached hydrogens (tertiary/aromatic N) is 4. The Hall–Kier alpha value is -7.66. The van der Waals surface area contributed by atoms with E-state index in [0.29, 0.717) is 11.1 Å². The van der Waals surface area contributed by atoms with Gasteiger partial charge in [0.05, 0.1) is 45.3 Å². The summed E-state index contributed by atoms with van der Waals surface area (Å²) in [6, 6.07) is 60.4. The lowest BCUT2D eigenvalue weighted by atomic mass is 9.95. The molecule has 2 heterocycles. The van der Waals surface area contributed by atoms with Crippen LogP contribution in [0.15, 0.2) is 158 Å². The summed E-state index contributed by atoms with van der Waals surface area (Å²) in [5.41, 5.74) is 18.2. The van der Waals surface area contributed by atoms with Crippen molar-refractivity contribution >= 4 is 43.6 Å². The van der Waals surface area contributed by atoms with Gasteiger partial charge in [-0.2, -0.15) is 10.5 Å². The molecule has 274 valence electrons. The standard InChI is InChI=1S/C54H38N4/c1-33-13-19-43(35(3)25-33)37-15-21-49-47-9-5-7-11-51(47)57(53(49)29-37)41-17-23-45(39(27-41)31-55)46-24-18-42(28-40(46)32-56)58-52-12-8-6-10-48(52)50-22-16-38(30-54(50)58)44-20-14-34(2)26-36(44)4/h5-30H,1-4H3. The Bertz CT molecular complexity index is 3190. The molecule has 0 aliphatic heterocycles. The van der Waals surface area contributed by atoms with Crippen molar-refractivity contribution in [2.45, 2.75) is 27.7 Å². The van der Waals surface area contributed by atoms with Gasteiger partial charge in [0.15, 0.2) is 0 Å². The van der Waals surface area contributed by atoms with Crippen molar-refractivity contribution in [3.05, 3.63) is 191 Å². The maximum atomic E-state index is 10.7. The van der Waals surface area contributed by atoms with Crippen LogP contribution in [0.2, 0.25) is 0 Å². The highest BCUT2D eigenvalue weighted by atomic mass is 15.0. The summed E-state index contributed by atoms with van der Waals surface area (Å²) < 4.78 is 4.51. The molecule has 10 aromatic rings. The molecule has 4 heteroatoms. The van der Waals surface area contributed by atoms with Gasteiger partial charge in [0.2, 0.25) is 0 Å². The van der Waals surface area contributed by atoms with Gasteiger partial charge in [-0.15, -0.1) is 0 Å². The maximum Gasteiger partial charge on any atom is 0.0998 e. The van der Waals surface area contributed by atoms with Crippen LogP contribution >= 0.6 is 0 Å². The van der Waals surface area contributed by atoms with Crippen molar-refractivity contribution in [3.63, 3.8) is 0 Å². The Balaban J connectivity index is 1.11. The van der Waals surface area contributed by atoms with E-state index in [1.165, 1.54) is 33.4 Å². The smallest absolute Gasteiger partial charge is 0.0998 e. The number of aromatic nitrogens is 2. The van der Waals surface area contributed by atoms with Crippen LogP contribution in [-0.4, -0.2) is 9.13 Å². The Kier molecular flexibility index (Phi) is 8.11. The van der Waals surface area contributed by atoms with Gasteiger partial charge in [-0.1, -0.05) is 120 Å². The van der Waals surface area contributed by atoms with Gasteiger partial charge >= 0.3 is 0 Å². The van der Waals surface area contributed by atoms with Gasteiger partial charge < -0.3 is 9.13 Å². The highest BCUT2D eigenvalue weighted by molar-refractivity contribution is 6.11. The van der Waals surface area contributed by atoms with E-state index in [4.69, 9.17) is 0 Å².